The van der Waals surface area contributed by atoms with Crippen molar-refractivity contribution in [1.82, 2.24) is 0 Å². The molecule has 0 spiro atoms. The molecule has 0 bridgehead atoms. The molecule has 5 heteroatoms. The van der Waals surface area contributed by atoms with E-state index in [1.54, 1.807) is 27.2 Å². The van der Waals surface area contributed by atoms with E-state index in [1.807, 2.05) is 66.7 Å². The number of rotatable bonds is 8. The second kappa shape index (κ2) is 10.8. The van der Waals surface area contributed by atoms with Crippen LogP contribution in [0.15, 0.2) is 78.9 Å². The molecule has 0 atom stereocenters. The molecule has 0 aliphatic rings. The first kappa shape index (κ1) is 23.9. The van der Waals surface area contributed by atoms with Gasteiger partial charge in [-0.2, -0.15) is 0 Å². The maximum atomic E-state index is 11.6. The van der Waals surface area contributed by atoms with Gasteiger partial charge in [0.2, 0.25) is 0 Å². The number of carbonyl (C=O) groups is 1. The van der Waals surface area contributed by atoms with Crippen LogP contribution < -0.4 is 14.2 Å². The fourth-order valence-electron chi connectivity index (χ4n) is 3.96. The van der Waals surface area contributed by atoms with E-state index < -0.39 is 0 Å². The predicted octanol–water partition coefficient (Wildman–Crippen LogP) is 7.20. The highest BCUT2D eigenvalue weighted by Crippen LogP contribution is 2.43. The zero-order valence-electron chi connectivity index (χ0n) is 20.3. The van der Waals surface area contributed by atoms with Crippen molar-refractivity contribution in [3.8, 4) is 34.1 Å². The second-order valence-electron chi connectivity index (χ2n) is 7.97. The summed E-state index contributed by atoms with van der Waals surface area (Å²) in [5, 5.41) is 2.01. The van der Waals surface area contributed by atoms with Crippen molar-refractivity contribution in [2.75, 3.05) is 20.8 Å². The maximum absolute atomic E-state index is 11.6. The van der Waals surface area contributed by atoms with Gasteiger partial charge in [0.15, 0.2) is 0 Å². The molecule has 0 heterocycles. The number of carbonyl (C=O) groups excluding carboxylic acids is 1. The molecule has 4 aromatic rings. The summed E-state index contributed by atoms with van der Waals surface area (Å²) in [7, 11) is 3.32. The molecule has 0 aliphatic heterocycles. The average Bonchev–Trinajstić information content (AvgIpc) is 2.88. The van der Waals surface area contributed by atoms with Crippen LogP contribution in [0.2, 0.25) is 0 Å². The van der Waals surface area contributed by atoms with Crippen LogP contribution in [0.3, 0.4) is 0 Å². The van der Waals surface area contributed by atoms with E-state index >= 15 is 0 Å². The molecule has 0 aromatic heterocycles. The highest BCUT2D eigenvalue weighted by molar-refractivity contribution is 5.97. The zero-order valence-corrected chi connectivity index (χ0v) is 20.3. The molecule has 4 aromatic carbocycles. The normalized spacial score (nSPS) is 11.0. The SMILES string of the molecule is CCOC(=O)/C=C/c1ccc(Oc2c(-c3ccc(OC)cc3)c(C)cc3cc(OC)ccc23)cc1. The number of esters is 1. The minimum Gasteiger partial charge on any atom is -0.497 e. The number of hydrogen-bond acceptors (Lipinski definition) is 5. The van der Waals surface area contributed by atoms with Crippen molar-refractivity contribution in [3.05, 3.63) is 90.0 Å². The largest absolute Gasteiger partial charge is 0.497 e. The Balaban J connectivity index is 1.76. The molecule has 0 radical (unpaired) electrons. The Bertz CT molecular complexity index is 1350. The van der Waals surface area contributed by atoms with E-state index in [0.717, 1.165) is 50.3 Å². The van der Waals surface area contributed by atoms with Crippen LogP contribution in [-0.2, 0) is 9.53 Å². The van der Waals surface area contributed by atoms with Gasteiger partial charge in [-0.3, -0.25) is 0 Å². The van der Waals surface area contributed by atoms with Gasteiger partial charge in [-0.25, -0.2) is 4.79 Å². The summed E-state index contributed by atoms with van der Waals surface area (Å²) in [4.78, 5) is 11.6. The van der Waals surface area contributed by atoms with Crippen LogP contribution in [-0.4, -0.2) is 26.8 Å². The molecule has 0 saturated carbocycles. The van der Waals surface area contributed by atoms with Gasteiger partial charge in [-0.15, -0.1) is 0 Å². The van der Waals surface area contributed by atoms with Gasteiger partial charge < -0.3 is 18.9 Å². The Morgan fingerprint density at radius 2 is 1.49 bits per heavy atom. The topological polar surface area (TPSA) is 54.0 Å². The molecule has 4 rings (SSSR count). The van der Waals surface area contributed by atoms with E-state index in [9.17, 15) is 4.79 Å². The van der Waals surface area contributed by atoms with E-state index in [-0.39, 0.29) is 5.97 Å². The fraction of sp³-hybridized carbons (Fsp3) is 0.167. The molecule has 0 N–H and O–H groups in total. The molecule has 0 aliphatic carbocycles. The monoisotopic (exact) mass is 468 g/mol. The molecular weight excluding hydrogens is 440 g/mol. The summed E-state index contributed by atoms with van der Waals surface area (Å²) >= 11 is 0. The van der Waals surface area contributed by atoms with Crippen LogP contribution in [0.1, 0.15) is 18.1 Å². The van der Waals surface area contributed by atoms with E-state index in [1.165, 1.54) is 6.08 Å². The van der Waals surface area contributed by atoms with Gasteiger partial charge >= 0.3 is 5.97 Å². The van der Waals surface area contributed by atoms with E-state index in [0.29, 0.717) is 12.4 Å². The van der Waals surface area contributed by atoms with Gasteiger partial charge in [-0.1, -0.05) is 30.3 Å². The van der Waals surface area contributed by atoms with E-state index in [4.69, 9.17) is 18.9 Å². The zero-order chi connectivity index (χ0) is 24.8. The first-order valence-electron chi connectivity index (χ1n) is 11.4. The summed E-state index contributed by atoms with van der Waals surface area (Å²) in [6.07, 6.45) is 3.14. The predicted molar refractivity (Wildman–Crippen MR) is 139 cm³/mol. The van der Waals surface area contributed by atoms with Crippen LogP contribution in [0.25, 0.3) is 28.0 Å². The smallest absolute Gasteiger partial charge is 0.330 e. The van der Waals surface area contributed by atoms with Crippen molar-refractivity contribution >= 4 is 22.8 Å². The first-order chi connectivity index (χ1) is 17.0. The number of aryl methyl sites for hydroxylation is 1. The Labute approximate surface area is 205 Å². The van der Waals surface area contributed by atoms with Crippen molar-refractivity contribution in [2.24, 2.45) is 0 Å². The molecule has 0 amide bonds. The van der Waals surface area contributed by atoms with Crippen LogP contribution in [0.5, 0.6) is 23.0 Å². The van der Waals surface area contributed by atoms with Crippen molar-refractivity contribution in [2.45, 2.75) is 13.8 Å². The lowest BCUT2D eigenvalue weighted by Gasteiger charge is -2.18. The lowest BCUT2D eigenvalue weighted by Crippen LogP contribution is -1.98. The Kier molecular flexibility index (Phi) is 7.36. The van der Waals surface area contributed by atoms with Gasteiger partial charge in [-0.05, 0) is 84.5 Å². The Morgan fingerprint density at radius 3 is 2.14 bits per heavy atom. The summed E-state index contributed by atoms with van der Waals surface area (Å²) in [6.45, 7) is 4.21. The van der Waals surface area contributed by atoms with Crippen molar-refractivity contribution < 1.29 is 23.7 Å². The van der Waals surface area contributed by atoms with Crippen molar-refractivity contribution in [1.29, 1.82) is 0 Å². The highest BCUT2D eigenvalue weighted by atomic mass is 16.5. The average molecular weight is 469 g/mol. The summed E-state index contributed by atoms with van der Waals surface area (Å²) in [5.74, 6) is 2.68. The molecule has 0 saturated heterocycles. The highest BCUT2D eigenvalue weighted by Gasteiger charge is 2.16. The molecular formula is C30H28O5. The number of ether oxygens (including phenoxy) is 4. The van der Waals surface area contributed by atoms with Crippen LogP contribution in [0.4, 0.5) is 0 Å². The van der Waals surface area contributed by atoms with E-state index in [2.05, 4.69) is 13.0 Å². The summed E-state index contributed by atoms with van der Waals surface area (Å²) in [5.41, 5.74) is 4.00. The molecule has 5 nitrogen and oxygen atoms in total. The third-order valence-electron chi connectivity index (χ3n) is 5.67. The lowest BCUT2D eigenvalue weighted by molar-refractivity contribution is -0.137. The minimum absolute atomic E-state index is 0.350. The minimum atomic E-state index is -0.362. The number of hydrogen-bond donors (Lipinski definition) is 0. The summed E-state index contributed by atoms with van der Waals surface area (Å²) < 4.78 is 22.2. The lowest BCUT2D eigenvalue weighted by atomic mass is 9.94. The van der Waals surface area contributed by atoms with Crippen LogP contribution >= 0.6 is 0 Å². The third kappa shape index (κ3) is 5.46. The standard InChI is InChI=1S/C30H28O5/c1-5-34-28(31)17-8-21-6-11-25(12-7-21)35-30-27-16-15-26(33-4)19-23(27)18-20(2)29(30)22-9-13-24(32-3)14-10-22/h6-19H,5H2,1-4H3/b17-8+. The van der Waals surface area contributed by atoms with Gasteiger partial charge in [0.1, 0.15) is 23.0 Å². The van der Waals surface area contributed by atoms with Crippen molar-refractivity contribution in [3.63, 3.8) is 0 Å². The molecule has 0 unspecified atom stereocenters. The number of benzene rings is 4. The number of fused-ring (bicyclic) bond motifs is 1. The van der Waals surface area contributed by atoms with Gasteiger partial charge in [0.05, 0.1) is 20.8 Å². The maximum Gasteiger partial charge on any atom is 0.330 e. The van der Waals surface area contributed by atoms with Gasteiger partial charge in [0.25, 0.3) is 0 Å². The summed E-state index contributed by atoms with van der Waals surface area (Å²) in [6, 6.07) is 23.7. The Hall–Kier alpha value is -4.25. The molecule has 35 heavy (non-hydrogen) atoms. The number of methoxy groups -OCH3 is 2. The fourth-order valence-corrected chi connectivity index (χ4v) is 3.96. The van der Waals surface area contributed by atoms with Gasteiger partial charge in [0, 0.05) is 17.0 Å². The molecule has 0 fully saturated rings. The third-order valence-corrected chi connectivity index (χ3v) is 5.67. The Morgan fingerprint density at radius 1 is 0.829 bits per heavy atom. The first-order valence-corrected chi connectivity index (χ1v) is 11.4. The second-order valence-corrected chi connectivity index (χ2v) is 7.97. The van der Waals surface area contributed by atoms with Crippen LogP contribution in [0, 0.1) is 6.92 Å². The quantitative estimate of drug-likeness (QED) is 0.202. The molecule has 178 valence electrons.